The summed E-state index contributed by atoms with van der Waals surface area (Å²) in [6.07, 6.45) is 0. The van der Waals surface area contributed by atoms with Crippen LogP contribution >= 0.6 is 34.8 Å². The van der Waals surface area contributed by atoms with Gasteiger partial charge in [-0.15, -0.1) is 5.60 Å². The molecule has 0 bridgehead atoms. The predicted molar refractivity (Wildman–Crippen MR) is 135 cm³/mol. The molecule has 10 nitrogen and oxygen atoms in total. The number of aryl methyl sites for hydroxylation is 3. The van der Waals surface area contributed by atoms with Crippen LogP contribution in [0.15, 0.2) is 4.52 Å². The zero-order valence-electron chi connectivity index (χ0n) is 21.7. The molecule has 192 valence electrons. The average molecular weight is 586 g/mol. The summed E-state index contributed by atoms with van der Waals surface area (Å²) in [5.74, 6) is -0.105. The Morgan fingerprint density at radius 3 is 1.92 bits per heavy atom. The summed E-state index contributed by atoms with van der Waals surface area (Å²) in [5.41, 5.74) is 9.96. The molecule has 14 heteroatoms. The summed E-state index contributed by atoms with van der Waals surface area (Å²) in [4.78, 5) is 17.5. The van der Waals surface area contributed by atoms with Crippen molar-refractivity contribution >= 4 is 57.6 Å². The number of carbonyl (C=O) groups is 1. The minimum atomic E-state index is -0.750. The number of rotatable bonds is 0. The Hall–Kier alpha value is -1.04. The third kappa shape index (κ3) is 12.5. The Labute approximate surface area is 267 Å². The Morgan fingerprint density at radius 1 is 1.08 bits per heavy atom. The Bertz CT molecular complexity index is 1220. The first-order valence-electron chi connectivity index (χ1n) is 9.97. The van der Waals surface area contributed by atoms with Crippen molar-refractivity contribution in [1.82, 2.24) is 20.6 Å². The monoisotopic (exact) mass is 584 g/mol. The molecule has 3 rings (SSSR count). The number of nitriles is 1. The maximum absolute atomic E-state index is 10.1. The fourth-order valence-corrected chi connectivity index (χ4v) is 2.81. The fourth-order valence-electron chi connectivity index (χ4n) is 2.22. The van der Waals surface area contributed by atoms with Gasteiger partial charge < -0.3 is 15.4 Å². The van der Waals surface area contributed by atoms with E-state index in [2.05, 4.69) is 15.1 Å². The smallest absolute Gasteiger partial charge is 0.850 e. The van der Waals surface area contributed by atoms with Gasteiger partial charge in [-0.3, -0.25) is 10.0 Å². The molecule has 0 spiro atoms. The normalized spacial score (nSPS) is 9.78. The van der Waals surface area contributed by atoms with E-state index >= 15 is 0 Å². The van der Waals surface area contributed by atoms with Gasteiger partial charge in [0.25, 0.3) is 5.71 Å². The van der Waals surface area contributed by atoms with Gasteiger partial charge >= 0.3 is 51.4 Å². The first-order chi connectivity index (χ1) is 16.0. The second-order valence-electron chi connectivity index (χ2n) is 8.08. The van der Waals surface area contributed by atoms with E-state index in [0.29, 0.717) is 43.8 Å². The van der Waals surface area contributed by atoms with Gasteiger partial charge in [0, 0.05) is 6.92 Å². The number of anilines is 1. The minimum Gasteiger partial charge on any atom is -0.850 e. The molecular formula is C22H28Cl3KN6O4. The summed E-state index contributed by atoms with van der Waals surface area (Å²) in [7, 11) is 0. The van der Waals surface area contributed by atoms with Crippen LogP contribution in [0.4, 0.5) is 5.82 Å². The Balaban J connectivity index is 0. The molecule has 0 aromatic carbocycles. The summed E-state index contributed by atoms with van der Waals surface area (Å²) < 4.78 is 4.92. The van der Waals surface area contributed by atoms with E-state index in [0.717, 1.165) is 11.3 Å². The number of nitrogen functional groups attached to an aromatic ring is 1. The van der Waals surface area contributed by atoms with Crippen LogP contribution in [0, 0.1) is 39.0 Å². The number of amides is 1. The second-order valence-corrected chi connectivity index (χ2v) is 9.19. The van der Waals surface area contributed by atoms with Gasteiger partial charge in [0.1, 0.15) is 11.2 Å². The fraction of sp³-hybridized carbons (Fsp3) is 0.409. The molecule has 3 aromatic heterocycles. The van der Waals surface area contributed by atoms with Gasteiger partial charge in [-0.1, -0.05) is 60.7 Å². The van der Waals surface area contributed by atoms with Crippen LogP contribution in [0.5, 0.6) is 0 Å². The molecule has 0 fully saturated rings. The molecule has 3 heterocycles. The number of hydrogen-bond donors (Lipinski definition) is 3. The third-order valence-electron chi connectivity index (χ3n) is 3.75. The molecule has 0 aliphatic rings. The molecule has 0 aliphatic carbocycles. The summed E-state index contributed by atoms with van der Waals surface area (Å²) in [5, 5.41) is 32.0. The topological polar surface area (TPSA) is 174 Å². The molecule has 0 unspecified atom stereocenters. The van der Waals surface area contributed by atoms with Gasteiger partial charge in [-0.2, -0.15) is 5.26 Å². The van der Waals surface area contributed by atoms with E-state index in [1.165, 1.54) is 12.4 Å². The van der Waals surface area contributed by atoms with Gasteiger partial charge in [0.05, 0.1) is 32.4 Å². The second kappa shape index (κ2) is 16.7. The van der Waals surface area contributed by atoms with E-state index in [1.54, 1.807) is 34.6 Å². The van der Waals surface area contributed by atoms with Gasteiger partial charge in [-0.25, -0.2) is 15.4 Å². The van der Waals surface area contributed by atoms with Crippen LogP contribution in [0.2, 0.25) is 15.2 Å². The molecule has 4 N–H and O–H groups in total. The van der Waals surface area contributed by atoms with Crippen molar-refractivity contribution in [2.75, 3.05) is 5.73 Å². The number of pyridine rings is 2. The molecule has 0 aliphatic heterocycles. The van der Waals surface area contributed by atoms with Crippen molar-refractivity contribution < 1.29 is 71.0 Å². The molecule has 0 radical (unpaired) electrons. The number of hydroxylamine groups is 1. The summed E-state index contributed by atoms with van der Waals surface area (Å²) in [6.45, 7) is 13.3. The van der Waals surface area contributed by atoms with Gasteiger partial charge in [0.15, 0.2) is 5.82 Å². The van der Waals surface area contributed by atoms with Crippen molar-refractivity contribution in [3.8, 4) is 6.07 Å². The van der Waals surface area contributed by atoms with E-state index in [-0.39, 0.29) is 56.5 Å². The average Bonchev–Trinajstić information content (AvgIpc) is 3.10. The van der Waals surface area contributed by atoms with Gasteiger partial charge in [0.2, 0.25) is 5.91 Å². The minimum absolute atomic E-state index is 0. The number of hydrogen-bond acceptors (Lipinski definition) is 9. The van der Waals surface area contributed by atoms with Gasteiger partial charge in [-0.05, 0) is 38.8 Å². The van der Waals surface area contributed by atoms with Crippen LogP contribution in [0.1, 0.15) is 55.8 Å². The van der Waals surface area contributed by atoms with Crippen molar-refractivity contribution in [2.24, 2.45) is 0 Å². The zero-order valence-corrected chi connectivity index (χ0v) is 27.1. The Kier molecular flexibility index (Phi) is 17.2. The number of nitrogens with zero attached hydrogens (tertiary/aromatic N) is 4. The predicted octanol–water partition coefficient (Wildman–Crippen LogP) is 1.61. The summed E-state index contributed by atoms with van der Waals surface area (Å²) >= 11 is 17.6. The largest absolute Gasteiger partial charge is 1.00 e. The van der Waals surface area contributed by atoms with E-state index in [9.17, 15) is 9.90 Å². The van der Waals surface area contributed by atoms with Crippen molar-refractivity contribution in [3.63, 3.8) is 0 Å². The van der Waals surface area contributed by atoms with Crippen LogP contribution in [0.25, 0.3) is 11.1 Å². The van der Waals surface area contributed by atoms with Crippen molar-refractivity contribution in [1.29, 1.82) is 5.26 Å². The number of carbonyl (C=O) groups excluding carboxylic acids is 1. The van der Waals surface area contributed by atoms with E-state index < -0.39 is 11.5 Å². The van der Waals surface area contributed by atoms with Crippen LogP contribution in [-0.2, 0) is 4.79 Å². The molecule has 0 atom stereocenters. The van der Waals surface area contributed by atoms with E-state index in [4.69, 9.17) is 55.5 Å². The van der Waals surface area contributed by atoms with Crippen LogP contribution in [-0.4, -0.2) is 31.8 Å². The standard InChI is InChI=1S/C8H6Cl2N2.C8H8ClN3O.C4H9O.C2H5NO2.K/c1-4-6(3-11)8(10)12-5(2)7(4)9;1-3-5-7(10)12-13-8(5)11-4(2)6(3)9;1-4(2,3)5;1-2(4)3-5;/h1-2H3;1-2H3,(H2,10,12);1-3H3;5H,1H3,(H,3,4);/q;;-1;;+1. The molecular weight excluding hydrogens is 558 g/mol. The Morgan fingerprint density at radius 2 is 1.50 bits per heavy atom. The molecule has 1 amide bonds. The number of fused-ring (bicyclic) bond motifs is 1. The van der Waals surface area contributed by atoms with E-state index in [1.807, 2.05) is 19.9 Å². The number of halogens is 3. The molecule has 0 saturated heterocycles. The van der Waals surface area contributed by atoms with Crippen LogP contribution in [0.3, 0.4) is 0 Å². The van der Waals surface area contributed by atoms with Crippen molar-refractivity contribution in [3.05, 3.63) is 43.3 Å². The third-order valence-corrected chi connectivity index (χ3v) is 5.14. The quantitative estimate of drug-likeness (QED) is 0.153. The molecule has 3 aromatic rings. The first-order valence-corrected chi connectivity index (χ1v) is 11.1. The SMILES string of the molecule is CC(=O)NO.CC(C)(C)[O-].Cc1nc(Cl)c(C#N)c(C)c1Cl.Cc1nc2onc(N)c2c(C)c1Cl.[K+]. The van der Waals surface area contributed by atoms with Crippen LogP contribution < -0.4 is 67.7 Å². The summed E-state index contributed by atoms with van der Waals surface area (Å²) in [6, 6.07) is 1.95. The number of aromatic nitrogens is 3. The first kappa shape index (κ1) is 37.1. The van der Waals surface area contributed by atoms with Crippen molar-refractivity contribution in [2.45, 2.75) is 61.0 Å². The number of nitrogens with one attached hydrogen (secondary N) is 1. The maximum atomic E-state index is 10.1. The number of nitrogens with two attached hydrogens (primary N) is 1. The molecule has 0 saturated carbocycles. The molecule has 36 heavy (non-hydrogen) atoms. The zero-order chi connectivity index (χ0) is 27.7. The maximum Gasteiger partial charge on any atom is 1.00 e.